The molecule has 0 aromatic carbocycles. The predicted molar refractivity (Wildman–Crippen MR) is 94.8 cm³/mol. The number of carbonyl (C=O) groups excluding carboxylic acids is 1. The number of aromatic nitrogens is 5. The Kier molecular flexibility index (Phi) is 4.29. The molecule has 9 heteroatoms. The third-order valence-corrected chi connectivity index (χ3v) is 5.00. The number of likely N-dealkylation sites (tertiary alicyclic amines) is 1. The van der Waals surface area contributed by atoms with Crippen molar-refractivity contribution in [3.8, 4) is 11.3 Å². The minimum atomic E-state index is -0.224. The predicted octanol–water partition coefficient (Wildman–Crippen LogP) is 2.87. The second-order valence-electron chi connectivity index (χ2n) is 7.15. The lowest BCUT2D eigenvalue weighted by Crippen LogP contribution is -2.31. The first-order valence-corrected chi connectivity index (χ1v) is 9.06. The summed E-state index contributed by atoms with van der Waals surface area (Å²) in [6.07, 6.45) is 3.37. The molecule has 0 N–H and O–H groups in total. The van der Waals surface area contributed by atoms with E-state index < -0.39 is 0 Å². The van der Waals surface area contributed by atoms with Crippen LogP contribution in [-0.4, -0.2) is 42.4 Å². The molecule has 3 aromatic rings. The third-order valence-electron chi connectivity index (χ3n) is 5.00. The minimum Gasteiger partial charge on any atom is -0.355 e. The summed E-state index contributed by atoms with van der Waals surface area (Å²) in [6, 6.07) is 1.44. The van der Waals surface area contributed by atoms with Crippen molar-refractivity contribution in [2.24, 2.45) is 7.05 Å². The van der Waals surface area contributed by atoms with Gasteiger partial charge in [-0.15, -0.1) is 0 Å². The van der Waals surface area contributed by atoms with E-state index in [-0.39, 0.29) is 23.6 Å². The van der Waals surface area contributed by atoms with Gasteiger partial charge in [-0.05, 0) is 19.8 Å². The van der Waals surface area contributed by atoms with Gasteiger partial charge in [-0.25, -0.2) is 0 Å². The van der Waals surface area contributed by atoms with Crippen molar-refractivity contribution < 1.29 is 13.8 Å². The maximum Gasteiger partial charge on any atom is 0.276 e. The molecule has 1 aliphatic heterocycles. The van der Waals surface area contributed by atoms with Gasteiger partial charge in [-0.1, -0.05) is 24.2 Å². The third kappa shape index (κ3) is 3.02. The van der Waals surface area contributed by atoms with Crippen LogP contribution in [-0.2, 0) is 7.05 Å². The van der Waals surface area contributed by atoms with Crippen LogP contribution < -0.4 is 0 Å². The Labute approximate surface area is 156 Å². The molecule has 1 aliphatic rings. The molecule has 1 amide bonds. The Morgan fingerprint density at radius 3 is 2.78 bits per heavy atom. The Morgan fingerprint density at radius 1 is 1.30 bits per heavy atom. The van der Waals surface area contributed by atoms with Crippen molar-refractivity contribution in [2.75, 3.05) is 6.54 Å². The normalized spacial score (nSPS) is 17.2. The topological polar surface area (TPSA) is 103 Å². The maximum absolute atomic E-state index is 13.0. The van der Waals surface area contributed by atoms with Crippen LogP contribution in [0.15, 0.2) is 21.3 Å². The molecule has 3 aromatic heterocycles. The summed E-state index contributed by atoms with van der Waals surface area (Å²) in [5, 5.41) is 12.2. The summed E-state index contributed by atoms with van der Waals surface area (Å²) in [7, 11) is 1.85. The Balaban J connectivity index is 1.57. The summed E-state index contributed by atoms with van der Waals surface area (Å²) in [5.74, 6) is 1.64. The zero-order valence-electron chi connectivity index (χ0n) is 15.8. The average Bonchev–Trinajstić information content (AvgIpc) is 3.42. The number of rotatable bonds is 4. The molecular formula is C18H22N6O3. The number of hydrogen-bond acceptors (Lipinski definition) is 7. The van der Waals surface area contributed by atoms with E-state index in [0.717, 1.165) is 24.1 Å². The largest absolute Gasteiger partial charge is 0.355 e. The number of carbonyl (C=O) groups is 1. The summed E-state index contributed by atoms with van der Waals surface area (Å²) in [6.45, 7) is 6.56. The monoisotopic (exact) mass is 370 g/mol. The minimum absolute atomic E-state index is 0.175. The van der Waals surface area contributed by atoms with Gasteiger partial charge in [0, 0.05) is 31.3 Å². The highest BCUT2D eigenvalue weighted by Crippen LogP contribution is 2.33. The Morgan fingerprint density at radius 2 is 2.11 bits per heavy atom. The van der Waals surface area contributed by atoms with Gasteiger partial charge < -0.3 is 13.9 Å². The van der Waals surface area contributed by atoms with Crippen LogP contribution in [0.2, 0.25) is 0 Å². The van der Waals surface area contributed by atoms with Crippen LogP contribution in [0.1, 0.15) is 66.5 Å². The molecule has 0 bridgehead atoms. The van der Waals surface area contributed by atoms with Gasteiger partial charge in [-0.3, -0.25) is 9.48 Å². The Bertz CT molecular complexity index is 970. The number of amides is 1. The van der Waals surface area contributed by atoms with Crippen molar-refractivity contribution in [3.05, 3.63) is 35.4 Å². The van der Waals surface area contributed by atoms with Gasteiger partial charge in [0.15, 0.2) is 17.3 Å². The molecule has 1 saturated heterocycles. The van der Waals surface area contributed by atoms with Crippen LogP contribution in [0.5, 0.6) is 0 Å². The van der Waals surface area contributed by atoms with E-state index in [9.17, 15) is 4.79 Å². The smallest absolute Gasteiger partial charge is 0.276 e. The van der Waals surface area contributed by atoms with E-state index >= 15 is 0 Å². The molecule has 9 nitrogen and oxygen atoms in total. The maximum atomic E-state index is 13.0. The molecule has 0 aliphatic carbocycles. The quantitative estimate of drug-likeness (QED) is 0.695. The molecule has 1 fully saturated rings. The van der Waals surface area contributed by atoms with Crippen molar-refractivity contribution in [2.45, 2.75) is 45.6 Å². The van der Waals surface area contributed by atoms with Gasteiger partial charge in [0.05, 0.1) is 11.8 Å². The molecule has 0 radical (unpaired) electrons. The molecular weight excluding hydrogens is 348 g/mol. The Hall–Kier alpha value is -2.97. The first-order chi connectivity index (χ1) is 13.0. The van der Waals surface area contributed by atoms with Crippen molar-refractivity contribution in [1.82, 2.24) is 30.0 Å². The van der Waals surface area contributed by atoms with E-state index in [1.54, 1.807) is 21.8 Å². The van der Waals surface area contributed by atoms with E-state index in [0.29, 0.717) is 24.0 Å². The molecule has 0 spiro atoms. The molecule has 142 valence electrons. The van der Waals surface area contributed by atoms with E-state index in [1.807, 2.05) is 27.8 Å². The summed E-state index contributed by atoms with van der Waals surface area (Å²) in [4.78, 5) is 19.2. The molecule has 4 rings (SSSR count). The number of nitrogens with zero attached hydrogens (tertiary/aromatic N) is 6. The fourth-order valence-corrected chi connectivity index (χ4v) is 3.27. The number of aryl methyl sites for hydroxylation is 1. The molecule has 1 atom stereocenters. The fourth-order valence-electron chi connectivity index (χ4n) is 3.27. The van der Waals surface area contributed by atoms with E-state index in [4.69, 9.17) is 9.05 Å². The van der Waals surface area contributed by atoms with Crippen LogP contribution in [0, 0.1) is 6.92 Å². The van der Waals surface area contributed by atoms with Crippen molar-refractivity contribution >= 4 is 5.91 Å². The van der Waals surface area contributed by atoms with Gasteiger partial charge in [0.25, 0.3) is 5.91 Å². The van der Waals surface area contributed by atoms with Crippen LogP contribution in [0.3, 0.4) is 0 Å². The van der Waals surface area contributed by atoms with Crippen LogP contribution >= 0.6 is 0 Å². The van der Waals surface area contributed by atoms with Crippen molar-refractivity contribution in [1.29, 1.82) is 0 Å². The van der Waals surface area contributed by atoms with Gasteiger partial charge in [-0.2, -0.15) is 10.1 Å². The lowest BCUT2D eigenvalue weighted by molar-refractivity contribution is 0.0699. The van der Waals surface area contributed by atoms with Gasteiger partial charge in [0.2, 0.25) is 5.89 Å². The van der Waals surface area contributed by atoms with E-state index in [2.05, 4.69) is 20.4 Å². The van der Waals surface area contributed by atoms with Gasteiger partial charge in [0.1, 0.15) is 6.04 Å². The molecule has 4 heterocycles. The van der Waals surface area contributed by atoms with Gasteiger partial charge >= 0.3 is 0 Å². The second-order valence-corrected chi connectivity index (χ2v) is 7.15. The summed E-state index contributed by atoms with van der Waals surface area (Å²) in [5.41, 5.74) is 2.03. The highest BCUT2D eigenvalue weighted by Gasteiger charge is 2.36. The first kappa shape index (κ1) is 17.4. The van der Waals surface area contributed by atoms with E-state index in [1.165, 1.54) is 0 Å². The average molecular weight is 370 g/mol. The second kappa shape index (κ2) is 6.64. The fraction of sp³-hybridized carbons (Fsp3) is 0.500. The number of hydrogen-bond donors (Lipinski definition) is 0. The standard InChI is InChI=1S/C18H22N6O3/c1-10(2)16-20-17(27-22-16)14-6-5-7-24(14)18(25)13-8-15(26-21-13)12-9-19-23(4)11(12)3/h8-10,14H,5-7H2,1-4H3. The zero-order valence-corrected chi connectivity index (χ0v) is 15.8. The lowest BCUT2D eigenvalue weighted by atomic mass is 10.2. The summed E-state index contributed by atoms with van der Waals surface area (Å²) < 4.78 is 12.6. The SMILES string of the molecule is Cc1c(-c2cc(C(=O)N3CCCC3c3nc(C(C)C)no3)no2)cnn1C. The molecule has 0 saturated carbocycles. The highest BCUT2D eigenvalue weighted by molar-refractivity contribution is 5.93. The van der Waals surface area contributed by atoms with Crippen molar-refractivity contribution in [3.63, 3.8) is 0 Å². The zero-order chi connectivity index (χ0) is 19.1. The lowest BCUT2D eigenvalue weighted by Gasteiger charge is -2.20. The molecule has 1 unspecified atom stereocenters. The molecule has 27 heavy (non-hydrogen) atoms. The first-order valence-electron chi connectivity index (χ1n) is 9.06. The highest BCUT2D eigenvalue weighted by atomic mass is 16.5. The van der Waals surface area contributed by atoms with Crippen LogP contribution in [0.25, 0.3) is 11.3 Å². The summed E-state index contributed by atoms with van der Waals surface area (Å²) >= 11 is 0. The van der Waals surface area contributed by atoms with Crippen LogP contribution in [0.4, 0.5) is 0 Å².